The van der Waals surface area contributed by atoms with Crippen molar-refractivity contribution in [2.75, 3.05) is 25.7 Å². The molecule has 2 aliphatic rings. The van der Waals surface area contributed by atoms with Crippen LogP contribution in [0.25, 0.3) is 0 Å². The molecule has 8 nitrogen and oxygen atoms in total. The second kappa shape index (κ2) is 9.65. The topological polar surface area (TPSA) is 94.2 Å². The van der Waals surface area contributed by atoms with E-state index in [-0.39, 0.29) is 18.7 Å². The summed E-state index contributed by atoms with van der Waals surface area (Å²) in [6.07, 6.45) is 0.859. The molecular weight excluding hydrogens is 455 g/mol. The number of methoxy groups -OCH3 is 2. The zero-order valence-electron chi connectivity index (χ0n) is 20.2. The Balaban J connectivity index is 1.88. The number of anilines is 1. The molecule has 2 aromatic carbocycles. The van der Waals surface area contributed by atoms with Gasteiger partial charge in [0.05, 0.1) is 38.3 Å². The lowest BCUT2D eigenvalue weighted by Gasteiger charge is -2.32. The number of halogens is 1. The summed E-state index contributed by atoms with van der Waals surface area (Å²) < 4.78 is 29.9. The van der Waals surface area contributed by atoms with Gasteiger partial charge in [0.1, 0.15) is 22.9 Å². The van der Waals surface area contributed by atoms with Gasteiger partial charge in [-0.05, 0) is 43.7 Å². The minimum absolute atomic E-state index is 0.129. The van der Waals surface area contributed by atoms with Gasteiger partial charge in [-0.3, -0.25) is 19.7 Å². The Bertz CT molecular complexity index is 1140. The van der Waals surface area contributed by atoms with Crippen molar-refractivity contribution in [1.29, 1.82) is 0 Å². The lowest BCUT2D eigenvalue weighted by molar-refractivity contribution is -0.155. The number of ether oxygens (including phenoxy) is 3. The molecule has 4 atom stereocenters. The highest BCUT2D eigenvalue weighted by molar-refractivity contribution is 6.24. The standard InChI is InChI=1S/C26H29FN2O6/c1-5-13-26(25(32)35-6-2)21-20(22(28-26)18-12-11-17(33-3)14-19(18)34-4)23(30)29(24(21)31)16-9-7-15(27)8-10-16/h7-12,14,20-22,28H,5-6,13H2,1-4H3/t20-,21+,22+,26-/m0/s1. The Kier molecular flexibility index (Phi) is 6.80. The monoisotopic (exact) mass is 484 g/mol. The smallest absolute Gasteiger partial charge is 0.327 e. The maximum absolute atomic E-state index is 13.8. The van der Waals surface area contributed by atoms with Crippen LogP contribution in [0, 0.1) is 17.7 Å². The van der Waals surface area contributed by atoms with Gasteiger partial charge < -0.3 is 14.2 Å². The van der Waals surface area contributed by atoms with E-state index in [0.29, 0.717) is 23.5 Å². The van der Waals surface area contributed by atoms with Crippen molar-refractivity contribution in [2.45, 2.75) is 38.3 Å². The number of benzene rings is 2. The average molecular weight is 485 g/mol. The van der Waals surface area contributed by atoms with Crippen molar-refractivity contribution in [3.8, 4) is 11.5 Å². The van der Waals surface area contributed by atoms with Crippen molar-refractivity contribution < 1.29 is 33.0 Å². The fraction of sp³-hybridized carbons (Fsp3) is 0.423. The first kappa shape index (κ1) is 24.7. The molecule has 2 aromatic rings. The summed E-state index contributed by atoms with van der Waals surface area (Å²) >= 11 is 0. The first-order chi connectivity index (χ1) is 16.8. The third-order valence-electron chi connectivity index (χ3n) is 6.80. The molecule has 0 unspecified atom stereocenters. The quantitative estimate of drug-likeness (QED) is 0.453. The number of hydrogen-bond donors (Lipinski definition) is 1. The van der Waals surface area contributed by atoms with Crippen LogP contribution in [0.1, 0.15) is 38.3 Å². The second-order valence-corrected chi connectivity index (χ2v) is 8.66. The summed E-state index contributed by atoms with van der Waals surface area (Å²) in [4.78, 5) is 42.1. The number of rotatable bonds is 8. The van der Waals surface area contributed by atoms with Crippen LogP contribution in [0.15, 0.2) is 42.5 Å². The van der Waals surface area contributed by atoms with Crippen LogP contribution >= 0.6 is 0 Å². The third-order valence-corrected chi connectivity index (χ3v) is 6.80. The van der Waals surface area contributed by atoms with E-state index in [0.717, 1.165) is 4.90 Å². The number of carbonyl (C=O) groups is 3. The molecule has 2 heterocycles. The molecule has 186 valence electrons. The van der Waals surface area contributed by atoms with Gasteiger partial charge in [-0.2, -0.15) is 0 Å². The number of imide groups is 1. The first-order valence-corrected chi connectivity index (χ1v) is 11.6. The van der Waals surface area contributed by atoms with Gasteiger partial charge >= 0.3 is 5.97 Å². The summed E-state index contributed by atoms with van der Waals surface area (Å²) in [5.41, 5.74) is -0.537. The number of carbonyl (C=O) groups excluding carboxylic acids is 3. The number of hydrogen-bond acceptors (Lipinski definition) is 7. The van der Waals surface area contributed by atoms with E-state index in [1.54, 1.807) is 25.1 Å². The van der Waals surface area contributed by atoms with Crippen LogP contribution in [0.2, 0.25) is 0 Å². The summed E-state index contributed by atoms with van der Waals surface area (Å²) in [5, 5.41) is 3.34. The molecule has 4 rings (SSSR count). The molecule has 0 saturated carbocycles. The molecule has 2 amide bonds. The average Bonchev–Trinajstić information content (AvgIpc) is 3.33. The molecule has 0 aromatic heterocycles. The molecule has 0 spiro atoms. The molecule has 9 heteroatoms. The lowest BCUT2D eigenvalue weighted by atomic mass is 9.77. The summed E-state index contributed by atoms with van der Waals surface area (Å²) in [6.45, 7) is 3.72. The molecule has 2 fully saturated rings. The molecule has 2 saturated heterocycles. The molecular formula is C26H29FN2O6. The number of fused-ring (bicyclic) bond motifs is 1. The van der Waals surface area contributed by atoms with Gasteiger partial charge in [-0.15, -0.1) is 0 Å². The van der Waals surface area contributed by atoms with E-state index in [1.807, 2.05) is 6.92 Å². The van der Waals surface area contributed by atoms with E-state index in [4.69, 9.17) is 14.2 Å². The molecule has 1 N–H and O–H groups in total. The van der Waals surface area contributed by atoms with Crippen LogP contribution in [-0.4, -0.2) is 44.1 Å². The third kappa shape index (κ3) is 3.93. The number of nitrogens with one attached hydrogen (secondary N) is 1. The van der Waals surface area contributed by atoms with E-state index in [9.17, 15) is 18.8 Å². The predicted molar refractivity (Wildman–Crippen MR) is 126 cm³/mol. The number of esters is 1. The van der Waals surface area contributed by atoms with E-state index < -0.39 is 47.0 Å². The van der Waals surface area contributed by atoms with E-state index >= 15 is 0 Å². The Hall–Kier alpha value is -3.46. The maximum Gasteiger partial charge on any atom is 0.327 e. The van der Waals surface area contributed by atoms with Crippen molar-refractivity contribution in [1.82, 2.24) is 5.32 Å². The fourth-order valence-electron chi connectivity index (χ4n) is 5.36. The van der Waals surface area contributed by atoms with Gasteiger partial charge in [-0.25, -0.2) is 9.29 Å². The van der Waals surface area contributed by atoms with Gasteiger partial charge in [-0.1, -0.05) is 19.4 Å². The van der Waals surface area contributed by atoms with Crippen molar-refractivity contribution in [3.05, 3.63) is 53.8 Å². The first-order valence-electron chi connectivity index (χ1n) is 11.6. The molecule has 0 radical (unpaired) electrons. The Labute approximate surface area is 203 Å². The zero-order valence-corrected chi connectivity index (χ0v) is 20.2. The largest absolute Gasteiger partial charge is 0.497 e. The van der Waals surface area contributed by atoms with Crippen LogP contribution in [0.5, 0.6) is 11.5 Å². The molecule has 2 aliphatic heterocycles. The Morgan fingerprint density at radius 1 is 1.06 bits per heavy atom. The highest BCUT2D eigenvalue weighted by atomic mass is 19.1. The summed E-state index contributed by atoms with van der Waals surface area (Å²) in [6, 6.07) is 9.63. The lowest BCUT2D eigenvalue weighted by Crippen LogP contribution is -2.56. The fourth-order valence-corrected chi connectivity index (χ4v) is 5.36. The highest BCUT2D eigenvalue weighted by Crippen LogP contribution is 2.53. The predicted octanol–water partition coefficient (Wildman–Crippen LogP) is 3.40. The molecule has 0 bridgehead atoms. The summed E-state index contributed by atoms with van der Waals surface area (Å²) in [5.74, 6) is -2.93. The van der Waals surface area contributed by atoms with Crippen LogP contribution in [0.3, 0.4) is 0 Å². The van der Waals surface area contributed by atoms with Crippen molar-refractivity contribution >= 4 is 23.5 Å². The highest BCUT2D eigenvalue weighted by Gasteiger charge is 2.68. The maximum atomic E-state index is 13.8. The van der Waals surface area contributed by atoms with Crippen LogP contribution < -0.4 is 19.7 Å². The van der Waals surface area contributed by atoms with Gasteiger partial charge in [0.2, 0.25) is 11.8 Å². The summed E-state index contributed by atoms with van der Waals surface area (Å²) in [7, 11) is 3.03. The number of amides is 2. The van der Waals surface area contributed by atoms with Crippen LogP contribution in [0.4, 0.5) is 10.1 Å². The van der Waals surface area contributed by atoms with Crippen molar-refractivity contribution in [3.63, 3.8) is 0 Å². The van der Waals surface area contributed by atoms with Crippen molar-refractivity contribution in [2.24, 2.45) is 11.8 Å². The Morgan fingerprint density at radius 3 is 2.37 bits per heavy atom. The molecule has 0 aliphatic carbocycles. The van der Waals surface area contributed by atoms with Gasteiger partial charge in [0.25, 0.3) is 0 Å². The minimum Gasteiger partial charge on any atom is -0.497 e. The Morgan fingerprint density at radius 2 is 1.77 bits per heavy atom. The minimum atomic E-state index is -1.41. The van der Waals surface area contributed by atoms with E-state index in [1.165, 1.54) is 38.5 Å². The van der Waals surface area contributed by atoms with E-state index in [2.05, 4.69) is 5.32 Å². The van der Waals surface area contributed by atoms with Gasteiger partial charge in [0.15, 0.2) is 0 Å². The molecule has 35 heavy (non-hydrogen) atoms. The second-order valence-electron chi connectivity index (χ2n) is 8.66. The zero-order chi connectivity index (χ0) is 25.3. The van der Waals surface area contributed by atoms with Crippen LogP contribution in [-0.2, 0) is 19.1 Å². The number of nitrogens with zero attached hydrogens (tertiary/aromatic N) is 1. The normalized spacial score (nSPS) is 25.5. The SMILES string of the molecule is CCC[C@]1(C(=O)OCC)N[C@H](c2ccc(OC)cc2OC)[C@H]2C(=O)N(c3ccc(F)cc3)C(=O)[C@@H]21. The van der Waals surface area contributed by atoms with Gasteiger partial charge in [0, 0.05) is 17.7 Å².